The SMILES string of the molecule is N#Cc1[c]c2ccc3cccc4ccc(c1)c2c34. The molecule has 0 bridgehead atoms. The maximum atomic E-state index is 9.04. The van der Waals surface area contributed by atoms with Crippen LogP contribution in [0.15, 0.2) is 48.5 Å². The highest BCUT2D eigenvalue weighted by molar-refractivity contribution is 6.23. The van der Waals surface area contributed by atoms with E-state index in [0.717, 1.165) is 10.8 Å². The van der Waals surface area contributed by atoms with Gasteiger partial charge < -0.3 is 0 Å². The van der Waals surface area contributed by atoms with Crippen LogP contribution < -0.4 is 0 Å². The lowest BCUT2D eigenvalue weighted by molar-refractivity contribution is 1.50. The van der Waals surface area contributed by atoms with Crippen molar-refractivity contribution < 1.29 is 0 Å². The van der Waals surface area contributed by atoms with Gasteiger partial charge in [-0.05, 0) is 38.4 Å². The molecule has 0 fully saturated rings. The van der Waals surface area contributed by atoms with Crippen LogP contribution in [0.2, 0.25) is 0 Å². The van der Waals surface area contributed by atoms with Crippen molar-refractivity contribution in [3.63, 3.8) is 0 Å². The Bertz CT molecular complexity index is 865. The molecular weight excluding hydrogens is 218 g/mol. The van der Waals surface area contributed by atoms with Crippen molar-refractivity contribution in [2.75, 3.05) is 0 Å². The molecule has 4 aromatic rings. The van der Waals surface area contributed by atoms with Crippen LogP contribution in [-0.4, -0.2) is 0 Å². The first-order valence-corrected chi connectivity index (χ1v) is 5.87. The molecule has 0 N–H and O–H groups in total. The Labute approximate surface area is 104 Å². The number of nitrogens with zero attached hydrogens (tertiary/aromatic N) is 1. The normalized spacial score (nSPS) is 11.3. The van der Waals surface area contributed by atoms with E-state index in [9.17, 15) is 0 Å². The van der Waals surface area contributed by atoms with E-state index in [0.29, 0.717) is 5.56 Å². The van der Waals surface area contributed by atoms with Gasteiger partial charge in [0, 0.05) is 6.07 Å². The summed E-state index contributed by atoms with van der Waals surface area (Å²) < 4.78 is 0. The van der Waals surface area contributed by atoms with E-state index >= 15 is 0 Å². The highest BCUT2D eigenvalue weighted by atomic mass is 14.2. The molecule has 0 aliphatic carbocycles. The molecular formula is C17H8N. The van der Waals surface area contributed by atoms with Crippen molar-refractivity contribution in [1.29, 1.82) is 5.26 Å². The van der Waals surface area contributed by atoms with Crippen LogP contribution in [0, 0.1) is 17.4 Å². The molecule has 0 unspecified atom stereocenters. The summed E-state index contributed by atoms with van der Waals surface area (Å²) in [5.74, 6) is 0. The van der Waals surface area contributed by atoms with Gasteiger partial charge in [0.05, 0.1) is 11.6 Å². The molecule has 1 radical (unpaired) electrons. The van der Waals surface area contributed by atoms with Crippen LogP contribution in [0.5, 0.6) is 0 Å². The zero-order valence-electron chi connectivity index (χ0n) is 9.57. The fraction of sp³-hybridized carbons (Fsp3) is 0. The van der Waals surface area contributed by atoms with E-state index in [1.54, 1.807) is 0 Å². The molecule has 0 amide bonds. The quantitative estimate of drug-likeness (QED) is 0.411. The van der Waals surface area contributed by atoms with Crippen molar-refractivity contribution in [1.82, 2.24) is 0 Å². The average Bonchev–Trinajstić information content (AvgIpc) is 2.44. The lowest BCUT2D eigenvalue weighted by atomic mass is 9.93. The molecule has 1 heteroatoms. The fourth-order valence-electron chi connectivity index (χ4n) is 2.73. The van der Waals surface area contributed by atoms with Crippen molar-refractivity contribution in [2.24, 2.45) is 0 Å². The Balaban J connectivity index is 2.39. The van der Waals surface area contributed by atoms with E-state index in [2.05, 4.69) is 48.5 Å². The second-order valence-electron chi connectivity index (χ2n) is 4.52. The van der Waals surface area contributed by atoms with Crippen molar-refractivity contribution >= 4 is 32.3 Å². The molecule has 0 atom stereocenters. The van der Waals surface area contributed by atoms with Crippen LogP contribution in [-0.2, 0) is 0 Å². The second kappa shape index (κ2) is 3.21. The molecule has 81 valence electrons. The first-order valence-electron chi connectivity index (χ1n) is 5.87. The van der Waals surface area contributed by atoms with Crippen molar-refractivity contribution in [3.8, 4) is 6.07 Å². The lowest BCUT2D eigenvalue weighted by Crippen LogP contribution is -1.85. The maximum absolute atomic E-state index is 9.04. The molecule has 0 aliphatic heterocycles. The molecule has 1 nitrogen and oxygen atoms in total. The molecule has 0 saturated heterocycles. The third kappa shape index (κ3) is 1.10. The average molecular weight is 226 g/mol. The summed E-state index contributed by atoms with van der Waals surface area (Å²) in [5, 5.41) is 16.1. The largest absolute Gasteiger partial charge is 0.192 e. The molecule has 0 spiro atoms. The van der Waals surface area contributed by atoms with Gasteiger partial charge in [-0.25, -0.2) is 0 Å². The molecule has 4 aromatic carbocycles. The highest BCUT2D eigenvalue weighted by Gasteiger charge is 2.08. The molecule has 0 aromatic heterocycles. The summed E-state index contributed by atoms with van der Waals surface area (Å²) in [6.45, 7) is 0. The Morgan fingerprint density at radius 3 is 2.33 bits per heavy atom. The fourth-order valence-corrected chi connectivity index (χ4v) is 2.73. The topological polar surface area (TPSA) is 23.8 Å². The summed E-state index contributed by atoms with van der Waals surface area (Å²) in [6.07, 6.45) is 0. The predicted octanol–water partition coefficient (Wildman–Crippen LogP) is 4.26. The molecule has 4 rings (SSSR count). The van der Waals surface area contributed by atoms with Gasteiger partial charge in [0.25, 0.3) is 0 Å². The van der Waals surface area contributed by atoms with Gasteiger partial charge >= 0.3 is 0 Å². The van der Waals surface area contributed by atoms with Gasteiger partial charge in [-0.3, -0.25) is 0 Å². The molecule has 0 aliphatic rings. The molecule has 0 heterocycles. The number of hydrogen-bond acceptors (Lipinski definition) is 1. The Morgan fingerprint density at radius 2 is 1.56 bits per heavy atom. The molecule has 18 heavy (non-hydrogen) atoms. The predicted molar refractivity (Wildman–Crippen MR) is 73.7 cm³/mol. The number of nitriles is 1. The maximum Gasteiger partial charge on any atom is 0.0998 e. The second-order valence-corrected chi connectivity index (χ2v) is 4.52. The minimum Gasteiger partial charge on any atom is -0.192 e. The van der Waals surface area contributed by atoms with Gasteiger partial charge in [-0.15, -0.1) is 0 Å². The summed E-state index contributed by atoms with van der Waals surface area (Å²) in [7, 11) is 0. The summed E-state index contributed by atoms with van der Waals surface area (Å²) in [6, 6.07) is 21.9. The lowest BCUT2D eigenvalue weighted by Gasteiger charge is -2.10. The minimum atomic E-state index is 0.598. The van der Waals surface area contributed by atoms with Crippen LogP contribution >= 0.6 is 0 Å². The van der Waals surface area contributed by atoms with E-state index < -0.39 is 0 Å². The number of benzene rings is 4. The summed E-state index contributed by atoms with van der Waals surface area (Å²) in [4.78, 5) is 0. The van der Waals surface area contributed by atoms with E-state index in [-0.39, 0.29) is 0 Å². The van der Waals surface area contributed by atoms with Crippen molar-refractivity contribution in [3.05, 3.63) is 60.2 Å². The van der Waals surface area contributed by atoms with Gasteiger partial charge in [-0.1, -0.05) is 42.5 Å². The third-order valence-electron chi connectivity index (χ3n) is 3.50. The first-order chi connectivity index (χ1) is 8.86. The monoisotopic (exact) mass is 226 g/mol. The van der Waals surface area contributed by atoms with Crippen LogP contribution in [0.3, 0.4) is 0 Å². The smallest absolute Gasteiger partial charge is 0.0998 e. The first kappa shape index (κ1) is 9.44. The Morgan fingerprint density at radius 1 is 0.833 bits per heavy atom. The zero-order valence-corrected chi connectivity index (χ0v) is 9.57. The third-order valence-corrected chi connectivity index (χ3v) is 3.50. The van der Waals surface area contributed by atoms with Gasteiger partial charge in [0.1, 0.15) is 0 Å². The highest BCUT2D eigenvalue weighted by Crippen LogP contribution is 2.34. The zero-order chi connectivity index (χ0) is 12.1. The van der Waals surface area contributed by atoms with Crippen molar-refractivity contribution in [2.45, 2.75) is 0 Å². The molecule has 0 saturated carbocycles. The van der Waals surface area contributed by atoms with E-state index in [1.165, 1.54) is 21.5 Å². The van der Waals surface area contributed by atoms with Gasteiger partial charge in [0.15, 0.2) is 0 Å². The summed E-state index contributed by atoms with van der Waals surface area (Å²) >= 11 is 0. The minimum absolute atomic E-state index is 0.598. The van der Waals surface area contributed by atoms with Gasteiger partial charge in [0.2, 0.25) is 0 Å². The number of rotatable bonds is 0. The number of hydrogen-bond donors (Lipinski definition) is 0. The van der Waals surface area contributed by atoms with E-state index in [1.807, 2.05) is 12.1 Å². The Hall–Kier alpha value is -2.59. The summed E-state index contributed by atoms with van der Waals surface area (Å²) in [5.41, 5.74) is 0.598. The Kier molecular flexibility index (Phi) is 1.68. The van der Waals surface area contributed by atoms with Gasteiger partial charge in [-0.2, -0.15) is 5.26 Å². The van der Waals surface area contributed by atoms with Crippen LogP contribution in [0.25, 0.3) is 32.3 Å². The standard InChI is InChI=1S/C17H8N/c18-10-11-8-14-6-4-12-2-1-3-13-5-7-15(9-11)17(14)16(12)13/h1-8H. The van der Waals surface area contributed by atoms with Crippen LogP contribution in [0.4, 0.5) is 0 Å². The van der Waals surface area contributed by atoms with E-state index in [4.69, 9.17) is 5.26 Å². The van der Waals surface area contributed by atoms with Crippen LogP contribution in [0.1, 0.15) is 5.56 Å².